The van der Waals surface area contributed by atoms with Crippen LogP contribution in [0.3, 0.4) is 0 Å². The molecule has 0 fully saturated rings. The van der Waals surface area contributed by atoms with E-state index in [1.807, 2.05) is 0 Å². The topological polar surface area (TPSA) is 19.7 Å². The quantitative estimate of drug-likeness (QED) is 0.107. The number of aromatic amines is 1. The maximum absolute atomic E-state index is 3.58. The molecule has 1 aromatic rings. The van der Waals surface area contributed by atoms with Crippen LogP contribution < -0.4 is 4.57 Å². The largest absolute Gasteiger partial charge is 0.257 e. The van der Waals surface area contributed by atoms with Crippen molar-refractivity contribution in [3.05, 3.63) is 18.2 Å². The van der Waals surface area contributed by atoms with Crippen LogP contribution in [-0.4, -0.2) is 4.98 Å². The zero-order valence-corrected chi connectivity index (χ0v) is 24.0. The molecule has 0 aliphatic heterocycles. The first kappa shape index (κ1) is 31.2. The van der Waals surface area contributed by atoms with E-state index >= 15 is 0 Å². The number of nitrogens with one attached hydrogen (secondary N) is 1. The average Bonchev–Trinajstić information content (AvgIpc) is 3.34. The molecule has 1 rings (SSSR count). The van der Waals surface area contributed by atoms with Crippen molar-refractivity contribution in [2.75, 3.05) is 0 Å². The highest BCUT2D eigenvalue weighted by Gasteiger charge is 2.22. The predicted octanol–water partition coefficient (Wildman–Crippen LogP) is 11.0. The normalized spacial score (nSPS) is 13.4. The first-order chi connectivity index (χ1) is 16.7. The third-order valence-electron chi connectivity index (χ3n) is 7.90. The zero-order valence-electron chi connectivity index (χ0n) is 24.0. The molecular formula is C32H63N2+. The first-order valence-corrected chi connectivity index (χ1v) is 15.8. The van der Waals surface area contributed by atoms with E-state index in [1.165, 1.54) is 154 Å². The Hall–Kier alpha value is -0.790. The molecule has 0 saturated carbocycles. The molecule has 0 bridgehead atoms. The summed E-state index contributed by atoms with van der Waals surface area (Å²) in [6.07, 6.45) is 37.1. The second kappa shape index (κ2) is 22.7. The van der Waals surface area contributed by atoms with Gasteiger partial charge in [-0.3, -0.25) is 0 Å². The Morgan fingerprint density at radius 1 is 0.559 bits per heavy atom. The summed E-state index contributed by atoms with van der Waals surface area (Å²) in [5, 5.41) is 0. The molecule has 0 aliphatic carbocycles. The Kier molecular flexibility index (Phi) is 20.8. The van der Waals surface area contributed by atoms with E-state index in [0.717, 1.165) is 0 Å². The van der Waals surface area contributed by atoms with Gasteiger partial charge in [-0.05, 0) is 26.2 Å². The summed E-state index contributed by atoms with van der Waals surface area (Å²) in [6, 6.07) is 0.620. The van der Waals surface area contributed by atoms with Crippen molar-refractivity contribution in [1.82, 2.24) is 4.98 Å². The summed E-state index contributed by atoms with van der Waals surface area (Å²) < 4.78 is 2.54. The van der Waals surface area contributed by atoms with Crippen LogP contribution in [-0.2, 0) is 0 Å². The van der Waals surface area contributed by atoms with E-state index in [4.69, 9.17) is 0 Å². The van der Waals surface area contributed by atoms with Crippen molar-refractivity contribution in [2.24, 2.45) is 0 Å². The summed E-state index contributed by atoms with van der Waals surface area (Å²) in [5.41, 5.74) is 0. The number of unbranched alkanes of at least 4 members (excludes halogenated alkanes) is 19. The third-order valence-corrected chi connectivity index (χ3v) is 7.90. The number of nitrogens with zero attached hydrogens (tertiary/aromatic N) is 1. The molecule has 2 heteroatoms. The van der Waals surface area contributed by atoms with Crippen LogP contribution >= 0.6 is 0 Å². The van der Waals surface area contributed by atoms with E-state index in [-0.39, 0.29) is 0 Å². The Morgan fingerprint density at radius 3 is 1.38 bits per heavy atom. The highest BCUT2D eigenvalue weighted by molar-refractivity contribution is 4.87. The number of hydrogen-bond donors (Lipinski definition) is 1. The van der Waals surface area contributed by atoms with Gasteiger partial charge in [0.2, 0.25) is 0 Å². The number of hydrogen-bond acceptors (Lipinski definition) is 0. The lowest BCUT2D eigenvalue weighted by Gasteiger charge is -2.14. The molecule has 200 valence electrons. The molecule has 2 atom stereocenters. The summed E-state index contributed by atoms with van der Waals surface area (Å²) in [7, 11) is 0. The van der Waals surface area contributed by atoms with Gasteiger partial charge >= 0.3 is 0 Å². The van der Waals surface area contributed by atoms with Gasteiger partial charge in [0.25, 0.3) is 5.82 Å². The second-order valence-electron chi connectivity index (χ2n) is 11.3. The lowest BCUT2D eigenvalue weighted by atomic mass is 10.00. The fourth-order valence-electron chi connectivity index (χ4n) is 5.46. The molecule has 1 heterocycles. The van der Waals surface area contributed by atoms with E-state index in [0.29, 0.717) is 12.0 Å². The van der Waals surface area contributed by atoms with Crippen LogP contribution in [0.5, 0.6) is 0 Å². The number of aromatic nitrogens is 2. The lowest BCUT2D eigenvalue weighted by molar-refractivity contribution is -0.727. The highest BCUT2D eigenvalue weighted by atomic mass is 15.1. The predicted molar refractivity (Wildman–Crippen MR) is 152 cm³/mol. The molecule has 0 aliphatic rings. The standard InChI is InChI=1S/C32H62N2/c1-5-7-9-11-13-15-17-19-21-23-25-27-31(4)34-29-28-33-32(34)30(3)26-24-22-20-18-16-14-12-10-8-6-2/h28-31H,5-27H2,1-4H3/p+1. The molecule has 0 saturated heterocycles. The zero-order chi connectivity index (χ0) is 24.7. The smallest absolute Gasteiger partial charge is 0.247 e. The first-order valence-electron chi connectivity index (χ1n) is 15.8. The molecule has 34 heavy (non-hydrogen) atoms. The lowest BCUT2D eigenvalue weighted by Crippen LogP contribution is -2.40. The van der Waals surface area contributed by atoms with Gasteiger partial charge in [-0.25, -0.2) is 9.55 Å². The van der Waals surface area contributed by atoms with Crippen molar-refractivity contribution in [1.29, 1.82) is 0 Å². The van der Waals surface area contributed by atoms with Crippen LogP contribution in [0.1, 0.15) is 193 Å². The van der Waals surface area contributed by atoms with E-state index < -0.39 is 0 Å². The van der Waals surface area contributed by atoms with Crippen LogP contribution in [0.25, 0.3) is 0 Å². The van der Waals surface area contributed by atoms with Crippen molar-refractivity contribution >= 4 is 0 Å². The van der Waals surface area contributed by atoms with Crippen molar-refractivity contribution in [2.45, 2.75) is 187 Å². The molecule has 0 aromatic carbocycles. The van der Waals surface area contributed by atoms with Gasteiger partial charge < -0.3 is 0 Å². The Balaban J connectivity index is 2.08. The van der Waals surface area contributed by atoms with E-state index in [2.05, 4.69) is 49.6 Å². The molecule has 1 aromatic heterocycles. The summed E-state index contributed by atoms with van der Waals surface area (Å²) in [5.74, 6) is 2.09. The fourth-order valence-corrected chi connectivity index (χ4v) is 5.46. The van der Waals surface area contributed by atoms with Crippen LogP contribution in [0.2, 0.25) is 0 Å². The summed E-state index contributed by atoms with van der Waals surface area (Å²) in [6.45, 7) is 9.44. The maximum Gasteiger partial charge on any atom is 0.257 e. The molecule has 2 nitrogen and oxygen atoms in total. The molecule has 2 unspecified atom stereocenters. The van der Waals surface area contributed by atoms with E-state index in [1.54, 1.807) is 0 Å². The Morgan fingerprint density at radius 2 is 0.941 bits per heavy atom. The number of rotatable bonds is 25. The van der Waals surface area contributed by atoms with Crippen LogP contribution in [0, 0.1) is 0 Å². The Bertz CT molecular complexity index is 535. The molecule has 0 spiro atoms. The summed E-state index contributed by atoms with van der Waals surface area (Å²) in [4.78, 5) is 3.58. The number of H-pyrrole nitrogens is 1. The highest BCUT2D eigenvalue weighted by Crippen LogP contribution is 2.21. The van der Waals surface area contributed by atoms with Gasteiger partial charge in [0.1, 0.15) is 12.4 Å². The SMILES string of the molecule is CCCCCCCCCCCCCC(C)[n+]1cc[nH]c1C(C)CCCCCCCCCCCC. The van der Waals surface area contributed by atoms with Crippen LogP contribution in [0.15, 0.2) is 12.4 Å². The van der Waals surface area contributed by atoms with Gasteiger partial charge in [0.15, 0.2) is 0 Å². The molecule has 1 N–H and O–H groups in total. The molecule has 0 radical (unpaired) electrons. The van der Waals surface area contributed by atoms with Crippen molar-refractivity contribution in [3.63, 3.8) is 0 Å². The average molecular weight is 476 g/mol. The Labute approximate surface area is 215 Å². The van der Waals surface area contributed by atoms with Gasteiger partial charge in [-0.1, -0.05) is 149 Å². The van der Waals surface area contributed by atoms with Gasteiger partial charge in [-0.2, -0.15) is 0 Å². The van der Waals surface area contributed by atoms with Gasteiger partial charge in [-0.15, -0.1) is 0 Å². The van der Waals surface area contributed by atoms with Gasteiger partial charge in [0, 0.05) is 0 Å². The molecular weight excluding hydrogens is 412 g/mol. The second-order valence-corrected chi connectivity index (χ2v) is 11.3. The minimum Gasteiger partial charge on any atom is -0.247 e. The van der Waals surface area contributed by atoms with E-state index in [9.17, 15) is 0 Å². The molecule has 0 amide bonds. The minimum absolute atomic E-state index is 0.620. The minimum atomic E-state index is 0.620. The van der Waals surface area contributed by atoms with Crippen molar-refractivity contribution in [3.8, 4) is 0 Å². The van der Waals surface area contributed by atoms with Crippen LogP contribution in [0.4, 0.5) is 0 Å². The summed E-state index contributed by atoms with van der Waals surface area (Å²) >= 11 is 0. The van der Waals surface area contributed by atoms with Crippen molar-refractivity contribution < 1.29 is 4.57 Å². The number of imidazole rings is 1. The maximum atomic E-state index is 3.58. The monoisotopic (exact) mass is 475 g/mol. The third kappa shape index (κ3) is 16.0. The fraction of sp³-hybridized carbons (Fsp3) is 0.906. The van der Waals surface area contributed by atoms with Gasteiger partial charge in [0.05, 0.1) is 12.0 Å².